The van der Waals surface area contributed by atoms with Crippen molar-refractivity contribution in [2.24, 2.45) is 7.05 Å². The van der Waals surface area contributed by atoms with E-state index in [4.69, 9.17) is 0 Å². The van der Waals surface area contributed by atoms with Gasteiger partial charge < -0.3 is 4.72 Å². The van der Waals surface area contributed by atoms with E-state index in [0.29, 0.717) is 0 Å². The van der Waals surface area contributed by atoms with E-state index in [0.717, 1.165) is 5.82 Å². The Bertz CT molecular complexity index is 210. The smallest absolute Gasteiger partial charge is 0.173 e. The van der Waals surface area contributed by atoms with Crippen LogP contribution in [0.3, 0.4) is 0 Å². The van der Waals surface area contributed by atoms with E-state index in [-0.39, 0.29) is 0 Å². The highest BCUT2D eigenvalue weighted by molar-refractivity contribution is 8.77. The standard InChI is InChI=1S/C4H5N3S2/c1-7-2-3-4(5-7)6-9-8-3/h2H,1H3,(H,5,6). The molecular formula is C4H5N3S2. The van der Waals surface area contributed by atoms with E-state index in [2.05, 4.69) is 9.82 Å². The largest absolute Gasteiger partial charge is 0.302 e. The molecule has 0 fully saturated rings. The van der Waals surface area contributed by atoms with Gasteiger partial charge in [0, 0.05) is 24.2 Å². The van der Waals surface area contributed by atoms with Gasteiger partial charge in [-0.2, -0.15) is 5.10 Å². The average Bonchev–Trinajstić information content (AvgIpc) is 2.22. The van der Waals surface area contributed by atoms with Gasteiger partial charge >= 0.3 is 0 Å². The fraction of sp³-hybridized carbons (Fsp3) is 0.250. The molecule has 0 atom stereocenters. The first-order chi connectivity index (χ1) is 4.36. The van der Waals surface area contributed by atoms with Crippen LogP contribution in [0.15, 0.2) is 11.1 Å². The summed E-state index contributed by atoms with van der Waals surface area (Å²) in [5.74, 6) is 0.993. The third kappa shape index (κ3) is 0.801. The predicted octanol–water partition coefficient (Wildman–Crippen LogP) is 1.50. The van der Waals surface area contributed by atoms with Crippen LogP contribution >= 0.6 is 21.8 Å². The summed E-state index contributed by atoms with van der Waals surface area (Å²) in [6.07, 6.45) is 2.01. The van der Waals surface area contributed by atoms with Crippen LogP contribution in [0, 0.1) is 0 Å². The number of hydrogen-bond acceptors (Lipinski definition) is 4. The van der Waals surface area contributed by atoms with Crippen LogP contribution < -0.4 is 4.72 Å². The zero-order valence-corrected chi connectivity index (χ0v) is 6.42. The van der Waals surface area contributed by atoms with Gasteiger partial charge in [-0.1, -0.05) is 0 Å². The summed E-state index contributed by atoms with van der Waals surface area (Å²) in [6, 6.07) is 0. The molecule has 0 aliphatic carbocycles. The molecule has 1 N–H and O–H groups in total. The van der Waals surface area contributed by atoms with Crippen molar-refractivity contribution in [3.63, 3.8) is 0 Å². The number of aryl methyl sites for hydroxylation is 1. The van der Waals surface area contributed by atoms with Gasteiger partial charge in [0.05, 0.1) is 4.90 Å². The van der Waals surface area contributed by atoms with Gasteiger partial charge in [-0.05, 0) is 10.8 Å². The molecule has 1 aromatic rings. The maximum atomic E-state index is 4.16. The maximum Gasteiger partial charge on any atom is 0.173 e. The van der Waals surface area contributed by atoms with Crippen LogP contribution in [0.2, 0.25) is 0 Å². The zero-order valence-electron chi connectivity index (χ0n) is 4.79. The highest BCUT2D eigenvalue weighted by Gasteiger charge is 2.14. The van der Waals surface area contributed by atoms with Gasteiger partial charge in [-0.3, -0.25) is 4.68 Å². The lowest BCUT2D eigenvalue weighted by atomic mass is 10.7. The van der Waals surface area contributed by atoms with Crippen LogP contribution in [-0.2, 0) is 7.05 Å². The Kier molecular flexibility index (Phi) is 1.13. The summed E-state index contributed by atoms with van der Waals surface area (Å²) in [5.41, 5.74) is 0. The molecule has 1 aliphatic rings. The van der Waals surface area contributed by atoms with E-state index in [9.17, 15) is 0 Å². The minimum atomic E-state index is 0.993. The minimum absolute atomic E-state index is 0.993. The molecule has 0 saturated carbocycles. The van der Waals surface area contributed by atoms with Gasteiger partial charge in [0.1, 0.15) is 0 Å². The second-order valence-corrected chi connectivity index (χ2v) is 3.76. The Labute approximate surface area is 60.7 Å². The molecule has 0 spiro atoms. The molecule has 0 aromatic carbocycles. The van der Waals surface area contributed by atoms with Crippen molar-refractivity contribution in [3.05, 3.63) is 6.20 Å². The molecule has 0 radical (unpaired) electrons. The van der Waals surface area contributed by atoms with E-state index < -0.39 is 0 Å². The van der Waals surface area contributed by atoms with Crippen LogP contribution in [0.1, 0.15) is 0 Å². The summed E-state index contributed by atoms with van der Waals surface area (Å²) in [7, 11) is 5.24. The zero-order chi connectivity index (χ0) is 6.27. The molecular weight excluding hydrogens is 154 g/mol. The molecule has 3 nitrogen and oxygen atoms in total. The van der Waals surface area contributed by atoms with Gasteiger partial charge in [0.25, 0.3) is 0 Å². The maximum absolute atomic E-state index is 4.16. The number of aromatic nitrogens is 2. The molecule has 48 valence electrons. The van der Waals surface area contributed by atoms with E-state index in [1.807, 2.05) is 17.9 Å². The van der Waals surface area contributed by atoms with Crippen molar-refractivity contribution in [3.8, 4) is 0 Å². The van der Waals surface area contributed by atoms with Crippen LogP contribution in [-0.4, -0.2) is 9.78 Å². The molecule has 2 rings (SSSR count). The van der Waals surface area contributed by atoms with Crippen molar-refractivity contribution in [2.75, 3.05) is 4.72 Å². The fourth-order valence-corrected chi connectivity index (χ4v) is 2.49. The van der Waals surface area contributed by atoms with Crippen molar-refractivity contribution in [1.29, 1.82) is 0 Å². The van der Waals surface area contributed by atoms with Gasteiger partial charge in [0.15, 0.2) is 5.82 Å². The Balaban J connectivity index is 2.51. The normalized spacial score (nSPS) is 15.2. The first-order valence-electron chi connectivity index (χ1n) is 2.49. The molecule has 1 aliphatic heterocycles. The summed E-state index contributed by atoms with van der Waals surface area (Å²) in [5, 5.41) is 4.16. The number of hydrogen-bond donors (Lipinski definition) is 1. The topological polar surface area (TPSA) is 29.9 Å². The Morgan fingerprint density at radius 2 is 2.67 bits per heavy atom. The number of fused-ring (bicyclic) bond motifs is 1. The minimum Gasteiger partial charge on any atom is -0.302 e. The SMILES string of the molecule is Cn1cc2c(n1)NSS2. The molecule has 0 unspecified atom stereocenters. The molecule has 0 amide bonds. The van der Waals surface area contributed by atoms with E-state index in [1.165, 1.54) is 4.90 Å². The van der Waals surface area contributed by atoms with E-state index in [1.54, 1.807) is 21.8 Å². The third-order valence-electron chi connectivity index (χ3n) is 1.07. The Hall–Kier alpha value is -0.290. The Morgan fingerprint density at radius 3 is 3.44 bits per heavy atom. The highest BCUT2D eigenvalue weighted by atomic mass is 33.1. The summed E-state index contributed by atoms with van der Waals surface area (Å²) < 4.78 is 4.88. The number of nitrogens with zero attached hydrogens (tertiary/aromatic N) is 2. The number of anilines is 1. The molecule has 2 heterocycles. The molecule has 0 saturated heterocycles. The monoisotopic (exact) mass is 159 g/mol. The highest BCUT2D eigenvalue weighted by Crippen LogP contribution is 2.42. The molecule has 5 heteroatoms. The van der Waals surface area contributed by atoms with Crippen LogP contribution in [0.25, 0.3) is 0 Å². The second kappa shape index (κ2) is 1.85. The predicted molar refractivity (Wildman–Crippen MR) is 40.3 cm³/mol. The third-order valence-corrected chi connectivity index (χ3v) is 2.94. The van der Waals surface area contributed by atoms with Gasteiger partial charge in [-0.15, -0.1) is 0 Å². The quantitative estimate of drug-likeness (QED) is 0.459. The molecule has 1 aromatic heterocycles. The van der Waals surface area contributed by atoms with Gasteiger partial charge in [0.2, 0.25) is 0 Å². The van der Waals surface area contributed by atoms with Crippen LogP contribution in [0.5, 0.6) is 0 Å². The van der Waals surface area contributed by atoms with Crippen molar-refractivity contribution in [2.45, 2.75) is 4.90 Å². The summed E-state index contributed by atoms with van der Waals surface area (Å²) in [4.78, 5) is 1.22. The van der Waals surface area contributed by atoms with Crippen molar-refractivity contribution >= 4 is 27.6 Å². The molecule has 9 heavy (non-hydrogen) atoms. The Morgan fingerprint density at radius 1 is 1.78 bits per heavy atom. The first-order valence-corrected chi connectivity index (χ1v) is 4.64. The second-order valence-electron chi connectivity index (χ2n) is 1.78. The lowest BCUT2D eigenvalue weighted by molar-refractivity contribution is 0.770. The fourth-order valence-electron chi connectivity index (χ4n) is 0.704. The average molecular weight is 159 g/mol. The summed E-state index contributed by atoms with van der Waals surface area (Å²) >= 11 is 0. The van der Waals surface area contributed by atoms with Gasteiger partial charge in [-0.25, -0.2) is 0 Å². The lowest BCUT2D eigenvalue weighted by Gasteiger charge is -1.87. The van der Waals surface area contributed by atoms with Crippen molar-refractivity contribution < 1.29 is 0 Å². The number of nitrogens with one attached hydrogen (secondary N) is 1. The van der Waals surface area contributed by atoms with Crippen molar-refractivity contribution in [1.82, 2.24) is 9.78 Å². The lowest BCUT2D eigenvalue weighted by Crippen LogP contribution is -1.88. The van der Waals surface area contributed by atoms with E-state index >= 15 is 0 Å². The number of rotatable bonds is 0. The van der Waals surface area contributed by atoms with Crippen LogP contribution in [0.4, 0.5) is 5.82 Å². The summed E-state index contributed by atoms with van der Waals surface area (Å²) in [6.45, 7) is 0. The first kappa shape index (κ1) is 5.49. The molecule has 0 bridgehead atoms.